The Bertz CT molecular complexity index is 900. The Morgan fingerprint density at radius 1 is 1.08 bits per heavy atom. The van der Waals surface area contributed by atoms with Crippen LogP contribution in [-0.2, 0) is 10.0 Å². The molecule has 0 amide bonds. The summed E-state index contributed by atoms with van der Waals surface area (Å²) in [6.07, 6.45) is 6.31. The van der Waals surface area contributed by atoms with Crippen molar-refractivity contribution in [3.63, 3.8) is 0 Å². The fraction of sp³-hybridized carbons (Fsp3) is 0.118. The third-order valence-electron chi connectivity index (χ3n) is 3.20. The Kier molecular flexibility index (Phi) is 5.63. The summed E-state index contributed by atoms with van der Waals surface area (Å²) in [7, 11) is -3.96. The summed E-state index contributed by atoms with van der Waals surface area (Å²) < 4.78 is 65.6. The molecule has 8 heteroatoms. The molecule has 132 valence electrons. The predicted octanol–water partition coefficient (Wildman–Crippen LogP) is 4.29. The Morgan fingerprint density at radius 2 is 1.80 bits per heavy atom. The third-order valence-corrected chi connectivity index (χ3v) is 4.18. The van der Waals surface area contributed by atoms with Gasteiger partial charge in [0.15, 0.2) is 0 Å². The van der Waals surface area contributed by atoms with Crippen molar-refractivity contribution in [1.82, 2.24) is 0 Å². The van der Waals surface area contributed by atoms with Gasteiger partial charge in [0, 0.05) is 11.8 Å². The Hall–Kier alpha value is -2.61. The highest BCUT2D eigenvalue weighted by molar-refractivity contribution is 7.91. The monoisotopic (exact) mass is 369 g/mol. The molecule has 0 aromatic carbocycles. The summed E-state index contributed by atoms with van der Waals surface area (Å²) in [6.45, 7) is 0. The number of alkyl halides is 3. The number of rotatable bonds is 5. The maximum Gasteiger partial charge on any atom is 0.518 e. The lowest BCUT2D eigenvalue weighted by molar-refractivity contribution is -0.0435. The van der Waals surface area contributed by atoms with E-state index in [1.165, 1.54) is 13.2 Å². The average molecular weight is 369 g/mol. The van der Waals surface area contributed by atoms with Crippen LogP contribution in [0.25, 0.3) is 17.2 Å². The van der Waals surface area contributed by atoms with E-state index in [-0.39, 0.29) is 0 Å². The van der Waals surface area contributed by atoms with E-state index in [4.69, 9.17) is 4.74 Å². The largest absolute Gasteiger partial charge is 0.518 e. The summed E-state index contributed by atoms with van der Waals surface area (Å²) in [4.78, 5) is 0. The SMILES string of the molecule is COc1cc2cccccc-2c1/C=C/C=C/C=N/S(=O)(=O)C(F)(F)F. The minimum atomic E-state index is -5.50. The molecule has 0 bridgehead atoms. The molecule has 2 aliphatic rings. The second kappa shape index (κ2) is 7.52. The van der Waals surface area contributed by atoms with E-state index in [1.807, 2.05) is 36.4 Å². The van der Waals surface area contributed by atoms with Crippen LogP contribution in [0.1, 0.15) is 5.56 Å². The van der Waals surface area contributed by atoms with Crippen LogP contribution < -0.4 is 4.74 Å². The first-order chi connectivity index (χ1) is 11.8. The molecule has 2 aliphatic carbocycles. The number of hydrogen-bond acceptors (Lipinski definition) is 3. The molecule has 0 fully saturated rings. The van der Waals surface area contributed by atoms with Gasteiger partial charge in [-0.25, -0.2) is 0 Å². The van der Waals surface area contributed by atoms with Crippen molar-refractivity contribution in [1.29, 1.82) is 0 Å². The number of hydrogen-bond donors (Lipinski definition) is 0. The average Bonchev–Trinajstić information content (AvgIpc) is 2.70. The van der Waals surface area contributed by atoms with Crippen molar-refractivity contribution in [2.24, 2.45) is 4.40 Å². The molecule has 0 N–H and O–H groups in total. The summed E-state index contributed by atoms with van der Waals surface area (Å²) >= 11 is 0. The predicted molar refractivity (Wildman–Crippen MR) is 91.3 cm³/mol. The number of ether oxygens (including phenoxy) is 1. The molecule has 2 rings (SSSR count). The number of allylic oxidation sites excluding steroid dienone is 3. The first-order valence-corrected chi connectivity index (χ1v) is 8.46. The van der Waals surface area contributed by atoms with Crippen LogP contribution in [0.2, 0.25) is 0 Å². The van der Waals surface area contributed by atoms with Gasteiger partial charge in [-0.1, -0.05) is 48.6 Å². The molecular weight excluding hydrogens is 355 g/mol. The Labute approximate surface area is 143 Å². The van der Waals surface area contributed by atoms with E-state index in [9.17, 15) is 21.6 Å². The van der Waals surface area contributed by atoms with Crippen molar-refractivity contribution in [2.45, 2.75) is 5.51 Å². The van der Waals surface area contributed by atoms with E-state index in [0.29, 0.717) is 12.0 Å². The van der Waals surface area contributed by atoms with Gasteiger partial charge in [0.05, 0.1) is 7.11 Å². The van der Waals surface area contributed by atoms with Gasteiger partial charge in [-0.05, 0) is 23.3 Å². The summed E-state index contributed by atoms with van der Waals surface area (Å²) in [6, 6.07) is 11.4. The third kappa shape index (κ3) is 4.48. The number of methoxy groups -OCH3 is 1. The highest BCUT2D eigenvalue weighted by Gasteiger charge is 2.45. The lowest BCUT2D eigenvalue weighted by atomic mass is 10.1. The second-order valence-corrected chi connectivity index (χ2v) is 6.45. The van der Waals surface area contributed by atoms with Crippen molar-refractivity contribution in [2.75, 3.05) is 7.11 Å². The normalized spacial score (nSPS) is 13.4. The highest BCUT2D eigenvalue weighted by atomic mass is 32.2. The second-order valence-electron chi connectivity index (χ2n) is 4.83. The van der Waals surface area contributed by atoms with E-state index < -0.39 is 15.5 Å². The molecule has 0 atom stereocenters. The molecule has 0 radical (unpaired) electrons. The van der Waals surface area contributed by atoms with Crippen molar-refractivity contribution in [3.05, 3.63) is 60.2 Å². The molecule has 0 aliphatic heterocycles. The van der Waals surface area contributed by atoms with Gasteiger partial charge < -0.3 is 4.74 Å². The minimum Gasteiger partial charge on any atom is -0.496 e. The number of sulfonamides is 1. The molecule has 0 saturated carbocycles. The number of nitrogens with zero attached hydrogens (tertiary/aromatic N) is 1. The molecule has 0 unspecified atom stereocenters. The van der Waals surface area contributed by atoms with Gasteiger partial charge in [0.2, 0.25) is 0 Å². The van der Waals surface area contributed by atoms with Gasteiger partial charge in [0.25, 0.3) is 0 Å². The molecule has 0 aromatic heterocycles. The number of halogens is 3. The molecule has 25 heavy (non-hydrogen) atoms. The van der Waals surface area contributed by atoms with Crippen LogP contribution in [0.4, 0.5) is 13.2 Å². The summed E-state index contributed by atoms with van der Waals surface area (Å²) in [5.74, 6) is 0.652. The molecule has 0 saturated heterocycles. The van der Waals surface area contributed by atoms with E-state index in [0.717, 1.165) is 22.8 Å². The molecule has 0 aromatic rings. The first-order valence-electron chi connectivity index (χ1n) is 7.02. The van der Waals surface area contributed by atoms with Gasteiger partial charge in [0.1, 0.15) is 5.75 Å². The fourth-order valence-corrected chi connectivity index (χ4v) is 2.42. The first kappa shape index (κ1) is 18.7. The van der Waals surface area contributed by atoms with Crippen LogP contribution in [0.5, 0.6) is 5.75 Å². The van der Waals surface area contributed by atoms with E-state index in [1.54, 1.807) is 12.2 Å². The maximum absolute atomic E-state index is 12.1. The Balaban J connectivity index is 2.18. The van der Waals surface area contributed by atoms with Crippen LogP contribution in [0, 0.1) is 0 Å². The molecule has 0 heterocycles. The van der Waals surface area contributed by atoms with Gasteiger partial charge in [-0.15, -0.1) is 0 Å². The zero-order chi connectivity index (χ0) is 18.5. The molecule has 4 nitrogen and oxygen atoms in total. The van der Waals surface area contributed by atoms with Crippen LogP contribution >= 0.6 is 0 Å². The van der Waals surface area contributed by atoms with Crippen molar-refractivity contribution >= 4 is 22.3 Å². The van der Waals surface area contributed by atoms with Crippen LogP contribution in [0.3, 0.4) is 0 Å². The van der Waals surface area contributed by atoms with Crippen molar-refractivity contribution < 1.29 is 26.3 Å². The quantitative estimate of drug-likeness (QED) is 0.584. The molecule has 0 spiro atoms. The van der Waals surface area contributed by atoms with Gasteiger partial charge in [-0.3, -0.25) is 0 Å². The van der Waals surface area contributed by atoms with E-state index in [2.05, 4.69) is 4.40 Å². The molecular formula is C17H14F3NO3S. The number of fused-ring (bicyclic) bond motifs is 1. The lowest BCUT2D eigenvalue weighted by Crippen LogP contribution is -2.20. The van der Waals surface area contributed by atoms with Gasteiger partial charge >= 0.3 is 15.5 Å². The van der Waals surface area contributed by atoms with Crippen molar-refractivity contribution in [3.8, 4) is 16.9 Å². The zero-order valence-corrected chi connectivity index (χ0v) is 13.9. The zero-order valence-electron chi connectivity index (χ0n) is 13.1. The highest BCUT2D eigenvalue weighted by Crippen LogP contribution is 2.37. The standard InChI is InChI=1S/C17H14F3NO3S/c1-24-16-12-13-8-4-2-5-9-14(13)15(16)10-6-3-7-11-21-25(22,23)17(18,19)20/h2-12H,1H3/b7-3+,10-6+,21-11+. The van der Waals surface area contributed by atoms with Gasteiger partial charge in [-0.2, -0.15) is 26.0 Å². The van der Waals surface area contributed by atoms with Crippen LogP contribution in [0.15, 0.2) is 59.0 Å². The lowest BCUT2D eigenvalue weighted by Gasteiger charge is -2.00. The fourth-order valence-electron chi connectivity index (χ4n) is 2.07. The minimum absolute atomic E-state index is 0.577. The topological polar surface area (TPSA) is 55.7 Å². The summed E-state index contributed by atoms with van der Waals surface area (Å²) in [5, 5.41) is 0. The van der Waals surface area contributed by atoms with Crippen LogP contribution in [-0.4, -0.2) is 27.3 Å². The smallest absolute Gasteiger partial charge is 0.496 e. The summed E-state index contributed by atoms with van der Waals surface area (Å²) in [5.41, 5.74) is -2.68. The maximum atomic E-state index is 12.1. The van der Waals surface area contributed by atoms with E-state index >= 15 is 0 Å². The Morgan fingerprint density at radius 3 is 2.48 bits per heavy atom.